The highest BCUT2D eigenvalue weighted by Crippen LogP contribution is 2.09. The van der Waals surface area contributed by atoms with Crippen LogP contribution in [0.5, 0.6) is 0 Å². The van der Waals surface area contributed by atoms with Crippen LogP contribution in [0.15, 0.2) is 30.5 Å². The highest BCUT2D eigenvalue weighted by molar-refractivity contribution is 5.84. The first kappa shape index (κ1) is 9.86. The van der Waals surface area contributed by atoms with E-state index < -0.39 is 5.97 Å². The average molecular weight is 214 g/mol. The van der Waals surface area contributed by atoms with Crippen molar-refractivity contribution in [2.45, 2.75) is 0 Å². The number of hydrogen-bond acceptors (Lipinski definition) is 4. The Morgan fingerprint density at radius 1 is 1.50 bits per heavy atom. The summed E-state index contributed by atoms with van der Waals surface area (Å²) >= 11 is 0. The second-order valence-electron chi connectivity index (χ2n) is 3.02. The van der Waals surface area contributed by atoms with E-state index in [4.69, 9.17) is 10.4 Å². The maximum absolute atomic E-state index is 10.6. The summed E-state index contributed by atoms with van der Waals surface area (Å²) in [5.41, 5.74) is 0.936. The minimum Gasteiger partial charge on any atom is -0.476 e. The molecule has 2 rings (SSSR count). The Morgan fingerprint density at radius 2 is 2.31 bits per heavy atom. The summed E-state index contributed by atoms with van der Waals surface area (Å²) in [6.45, 7) is 0. The molecule has 0 radical (unpaired) electrons. The zero-order valence-electron chi connectivity index (χ0n) is 8.03. The van der Waals surface area contributed by atoms with Gasteiger partial charge in [0.1, 0.15) is 0 Å². The van der Waals surface area contributed by atoms with Gasteiger partial charge in [-0.05, 0) is 18.2 Å². The molecule has 0 saturated heterocycles. The van der Waals surface area contributed by atoms with Gasteiger partial charge in [-0.25, -0.2) is 9.48 Å². The number of hydrogen-bond donors (Lipinski definition) is 1. The summed E-state index contributed by atoms with van der Waals surface area (Å²) in [5, 5.41) is 24.5. The normalized spacial score (nSPS) is 9.69. The third kappa shape index (κ3) is 1.74. The number of aromatic nitrogens is 3. The van der Waals surface area contributed by atoms with Crippen LogP contribution in [0, 0.1) is 11.3 Å². The Kier molecular flexibility index (Phi) is 2.36. The van der Waals surface area contributed by atoms with Crippen LogP contribution in [-0.4, -0.2) is 26.1 Å². The van der Waals surface area contributed by atoms with Crippen molar-refractivity contribution in [2.75, 3.05) is 0 Å². The molecule has 1 aromatic heterocycles. The van der Waals surface area contributed by atoms with Crippen molar-refractivity contribution in [1.29, 1.82) is 5.26 Å². The molecule has 0 aliphatic heterocycles. The van der Waals surface area contributed by atoms with Crippen LogP contribution < -0.4 is 0 Å². The first-order valence-corrected chi connectivity index (χ1v) is 4.37. The fourth-order valence-electron chi connectivity index (χ4n) is 1.21. The third-order valence-electron chi connectivity index (χ3n) is 1.95. The predicted octanol–water partition coefficient (Wildman–Crippen LogP) is 0.837. The van der Waals surface area contributed by atoms with Gasteiger partial charge in [0.05, 0.1) is 23.5 Å². The summed E-state index contributed by atoms with van der Waals surface area (Å²) < 4.78 is 1.31. The lowest BCUT2D eigenvalue weighted by Gasteiger charge is -1.98. The lowest BCUT2D eigenvalue weighted by molar-refractivity contribution is 0.0690. The number of aromatic carboxylic acids is 1. The van der Waals surface area contributed by atoms with Gasteiger partial charge >= 0.3 is 5.97 Å². The highest BCUT2D eigenvalue weighted by Gasteiger charge is 2.09. The fourth-order valence-corrected chi connectivity index (χ4v) is 1.21. The molecule has 0 fully saturated rings. The standard InChI is InChI=1S/C10H6N4O2/c11-5-7-2-1-3-8(4-7)14-6-9(10(15)16)12-13-14/h1-4,6H,(H,15,16). The average Bonchev–Trinajstić information content (AvgIpc) is 2.78. The molecule has 1 aromatic carbocycles. The molecule has 1 heterocycles. The molecule has 0 atom stereocenters. The largest absolute Gasteiger partial charge is 0.476 e. The van der Waals surface area contributed by atoms with Crippen LogP contribution >= 0.6 is 0 Å². The van der Waals surface area contributed by atoms with Crippen molar-refractivity contribution in [2.24, 2.45) is 0 Å². The van der Waals surface area contributed by atoms with E-state index in [1.165, 1.54) is 10.9 Å². The molecule has 0 unspecified atom stereocenters. The Morgan fingerprint density at radius 3 is 2.94 bits per heavy atom. The van der Waals surface area contributed by atoms with Gasteiger partial charge in [0.25, 0.3) is 0 Å². The monoisotopic (exact) mass is 214 g/mol. The number of carboxylic acids is 1. The SMILES string of the molecule is N#Cc1cccc(-n2cc(C(=O)O)nn2)c1. The number of carbonyl (C=O) groups is 1. The van der Waals surface area contributed by atoms with Crippen LogP contribution in [0.4, 0.5) is 0 Å². The summed E-state index contributed by atoms with van der Waals surface area (Å²) in [6.07, 6.45) is 1.29. The summed E-state index contributed by atoms with van der Waals surface area (Å²) in [5.74, 6) is -1.14. The van der Waals surface area contributed by atoms with Crippen molar-refractivity contribution in [3.8, 4) is 11.8 Å². The molecule has 0 amide bonds. The molecule has 1 N–H and O–H groups in total. The molecule has 0 saturated carbocycles. The van der Waals surface area contributed by atoms with Crippen LogP contribution in [-0.2, 0) is 0 Å². The maximum atomic E-state index is 10.6. The van der Waals surface area contributed by atoms with Crippen molar-refractivity contribution < 1.29 is 9.90 Å². The van der Waals surface area contributed by atoms with Crippen molar-refractivity contribution >= 4 is 5.97 Å². The van der Waals surface area contributed by atoms with E-state index in [1.807, 2.05) is 6.07 Å². The third-order valence-corrected chi connectivity index (χ3v) is 1.95. The van der Waals surface area contributed by atoms with E-state index in [0.717, 1.165) is 0 Å². The van der Waals surface area contributed by atoms with Crippen molar-refractivity contribution in [3.63, 3.8) is 0 Å². The molecular weight excluding hydrogens is 208 g/mol. The zero-order chi connectivity index (χ0) is 11.5. The van der Waals surface area contributed by atoms with Crippen LogP contribution in [0.2, 0.25) is 0 Å². The number of nitrogens with zero attached hydrogens (tertiary/aromatic N) is 4. The van der Waals surface area contributed by atoms with Gasteiger partial charge in [-0.3, -0.25) is 0 Å². The molecular formula is C10H6N4O2. The number of nitriles is 1. The molecule has 6 heteroatoms. The molecule has 2 aromatic rings. The topological polar surface area (TPSA) is 91.8 Å². The lowest BCUT2D eigenvalue weighted by atomic mass is 10.2. The van der Waals surface area contributed by atoms with E-state index in [-0.39, 0.29) is 5.69 Å². The molecule has 0 spiro atoms. The van der Waals surface area contributed by atoms with Gasteiger partial charge in [-0.1, -0.05) is 11.3 Å². The maximum Gasteiger partial charge on any atom is 0.358 e. The second kappa shape index (κ2) is 3.82. The van der Waals surface area contributed by atoms with E-state index >= 15 is 0 Å². The number of benzene rings is 1. The summed E-state index contributed by atoms with van der Waals surface area (Å²) in [6, 6.07) is 8.64. The van der Waals surface area contributed by atoms with E-state index in [9.17, 15) is 4.79 Å². The number of carboxylic acid groups (broad SMARTS) is 1. The first-order valence-electron chi connectivity index (χ1n) is 4.37. The Labute approximate surface area is 90.4 Å². The van der Waals surface area contributed by atoms with Crippen LogP contribution in [0.3, 0.4) is 0 Å². The smallest absolute Gasteiger partial charge is 0.358 e. The summed E-state index contributed by atoms with van der Waals surface area (Å²) in [7, 11) is 0. The predicted molar refractivity (Wildman–Crippen MR) is 53.0 cm³/mol. The minimum absolute atomic E-state index is 0.137. The molecule has 0 aliphatic carbocycles. The van der Waals surface area contributed by atoms with E-state index in [1.54, 1.807) is 24.3 Å². The second-order valence-corrected chi connectivity index (χ2v) is 3.02. The fraction of sp³-hybridized carbons (Fsp3) is 0. The zero-order valence-corrected chi connectivity index (χ0v) is 8.03. The van der Waals surface area contributed by atoms with Gasteiger partial charge in [-0.15, -0.1) is 5.10 Å². The Hall–Kier alpha value is -2.68. The summed E-state index contributed by atoms with van der Waals surface area (Å²) in [4.78, 5) is 10.6. The van der Waals surface area contributed by atoms with Crippen molar-refractivity contribution in [3.05, 3.63) is 41.7 Å². The molecule has 78 valence electrons. The Bertz CT molecular complexity index is 583. The van der Waals surface area contributed by atoms with Crippen LogP contribution in [0.1, 0.15) is 16.1 Å². The minimum atomic E-state index is -1.14. The Balaban J connectivity index is 2.43. The van der Waals surface area contributed by atoms with Gasteiger partial charge in [0.15, 0.2) is 5.69 Å². The first-order chi connectivity index (χ1) is 7.70. The van der Waals surface area contributed by atoms with E-state index in [2.05, 4.69) is 10.3 Å². The molecule has 6 nitrogen and oxygen atoms in total. The van der Waals surface area contributed by atoms with Crippen LogP contribution in [0.25, 0.3) is 5.69 Å². The molecule has 0 aliphatic rings. The lowest BCUT2D eigenvalue weighted by Crippen LogP contribution is -1.96. The quantitative estimate of drug-likeness (QED) is 0.799. The van der Waals surface area contributed by atoms with Gasteiger partial charge in [0.2, 0.25) is 0 Å². The van der Waals surface area contributed by atoms with Crippen molar-refractivity contribution in [1.82, 2.24) is 15.0 Å². The highest BCUT2D eigenvalue weighted by atomic mass is 16.4. The molecule has 0 bridgehead atoms. The van der Waals surface area contributed by atoms with Gasteiger partial charge in [0, 0.05) is 0 Å². The molecule has 16 heavy (non-hydrogen) atoms. The van der Waals surface area contributed by atoms with Gasteiger partial charge in [-0.2, -0.15) is 5.26 Å². The van der Waals surface area contributed by atoms with E-state index in [0.29, 0.717) is 11.3 Å². The van der Waals surface area contributed by atoms with Gasteiger partial charge < -0.3 is 5.11 Å². The number of rotatable bonds is 2.